The van der Waals surface area contributed by atoms with Crippen LogP contribution in [0.25, 0.3) is 0 Å². The summed E-state index contributed by atoms with van der Waals surface area (Å²) in [5.74, 6) is 0.283. The Bertz CT molecular complexity index is 841. The van der Waals surface area contributed by atoms with Gasteiger partial charge in [0.25, 0.3) is 5.56 Å². The maximum absolute atomic E-state index is 12.6. The van der Waals surface area contributed by atoms with E-state index in [4.69, 9.17) is 4.74 Å². The quantitative estimate of drug-likeness (QED) is 0.880. The number of carbonyl (C=O) groups is 1. The van der Waals surface area contributed by atoms with Gasteiger partial charge in [-0.2, -0.15) is 0 Å². The molecule has 26 heavy (non-hydrogen) atoms. The first kappa shape index (κ1) is 18.1. The lowest BCUT2D eigenvalue weighted by Gasteiger charge is -2.29. The minimum absolute atomic E-state index is 0.0726. The molecule has 0 aliphatic carbocycles. The number of benzene rings is 1. The van der Waals surface area contributed by atoms with Gasteiger partial charge < -0.3 is 15.0 Å². The molecule has 3 rings (SSSR count). The molecule has 7 heteroatoms. The molecule has 1 amide bonds. The van der Waals surface area contributed by atoms with Crippen LogP contribution < -0.4 is 15.8 Å². The van der Waals surface area contributed by atoms with Crippen LogP contribution >= 0.6 is 0 Å². The molecule has 0 atom stereocenters. The molecule has 0 saturated carbocycles. The van der Waals surface area contributed by atoms with Crippen molar-refractivity contribution in [1.29, 1.82) is 0 Å². The molecule has 2 aromatic rings. The van der Waals surface area contributed by atoms with E-state index in [0.717, 1.165) is 17.7 Å². The molecule has 1 aliphatic rings. The summed E-state index contributed by atoms with van der Waals surface area (Å²) < 4.78 is 6.80. The number of morpholine rings is 1. The van der Waals surface area contributed by atoms with E-state index < -0.39 is 0 Å². The maximum Gasteiger partial charge on any atom is 0.255 e. The number of amides is 1. The standard InChI is InChI=1S/C19H24N4O3/c1-3-15-6-4-5-7-16(15)21-17(24)13-23-18(25)12-14(2)20-19(23)22-8-10-26-11-9-22/h4-7,12H,3,8-11,13H2,1-2H3,(H,21,24). The zero-order valence-corrected chi connectivity index (χ0v) is 15.2. The first-order chi connectivity index (χ1) is 12.6. The maximum atomic E-state index is 12.6. The number of aromatic nitrogens is 2. The molecule has 0 bridgehead atoms. The third-order valence-corrected chi connectivity index (χ3v) is 4.38. The third kappa shape index (κ3) is 4.11. The highest BCUT2D eigenvalue weighted by molar-refractivity contribution is 5.91. The highest BCUT2D eigenvalue weighted by Gasteiger charge is 2.19. The Morgan fingerprint density at radius 1 is 1.27 bits per heavy atom. The molecule has 1 aromatic carbocycles. The second-order valence-electron chi connectivity index (χ2n) is 6.28. The van der Waals surface area contributed by atoms with Crippen molar-refractivity contribution in [3.63, 3.8) is 0 Å². The number of anilines is 2. The number of carbonyl (C=O) groups excluding carboxylic acids is 1. The molecule has 1 fully saturated rings. The topological polar surface area (TPSA) is 76.5 Å². The van der Waals surface area contributed by atoms with E-state index in [2.05, 4.69) is 10.3 Å². The summed E-state index contributed by atoms with van der Waals surface area (Å²) >= 11 is 0. The Morgan fingerprint density at radius 2 is 2.00 bits per heavy atom. The van der Waals surface area contributed by atoms with Crippen LogP contribution in [0.1, 0.15) is 18.2 Å². The number of aryl methyl sites for hydroxylation is 2. The number of para-hydroxylation sites is 1. The molecular formula is C19H24N4O3. The smallest absolute Gasteiger partial charge is 0.255 e. The van der Waals surface area contributed by atoms with Gasteiger partial charge in [-0.25, -0.2) is 4.98 Å². The van der Waals surface area contributed by atoms with Gasteiger partial charge >= 0.3 is 0 Å². The van der Waals surface area contributed by atoms with Gasteiger partial charge in [0.2, 0.25) is 11.9 Å². The molecule has 0 spiro atoms. The molecule has 1 aromatic heterocycles. The van der Waals surface area contributed by atoms with Crippen molar-refractivity contribution in [2.45, 2.75) is 26.8 Å². The van der Waals surface area contributed by atoms with E-state index in [-0.39, 0.29) is 18.0 Å². The highest BCUT2D eigenvalue weighted by atomic mass is 16.5. The molecule has 1 saturated heterocycles. The molecule has 1 aliphatic heterocycles. The van der Waals surface area contributed by atoms with Gasteiger partial charge in [-0.3, -0.25) is 14.2 Å². The summed E-state index contributed by atoms with van der Waals surface area (Å²) in [5.41, 5.74) is 2.26. The lowest BCUT2D eigenvalue weighted by Crippen LogP contribution is -2.41. The van der Waals surface area contributed by atoms with Crippen molar-refractivity contribution >= 4 is 17.5 Å². The molecule has 7 nitrogen and oxygen atoms in total. The Balaban J connectivity index is 1.84. The summed E-state index contributed by atoms with van der Waals surface area (Å²) in [4.78, 5) is 31.6. The zero-order valence-electron chi connectivity index (χ0n) is 15.2. The van der Waals surface area contributed by atoms with E-state index in [1.165, 1.54) is 10.6 Å². The van der Waals surface area contributed by atoms with Crippen LogP contribution in [0.15, 0.2) is 35.1 Å². The van der Waals surface area contributed by atoms with Crippen molar-refractivity contribution in [2.75, 3.05) is 36.5 Å². The van der Waals surface area contributed by atoms with Gasteiger partial charge in [-0.1, -0.05) is 25.1 Å². The van der Waals surface area contributed by atoms with E-state index in [1.807, 2.05) is 36.1 Å². The van der Waals surface area contributed by atoms with Crippen LogP contribution in [0, 0.1) is 6.92 Å². The first-order valence-electron chi connectivity index (χ1n) is 8.87. The average molecular weight is 356 g/mol. The number of hydrogen-bond donors (Lipinski definition) is 1. The van der Waals surface area contributed by atoms with Crippen molar-refractivity contribution in [2.24, 2.45) is 0 Å². The fraction of sp³-hybridized carbons (Fsp3) is 0.421. The Morgan fingerprint density at radius 3 is 2.73 bits per heavy atom. The monoisotopic (exact) mass is 356 g/mol. The van der Waals surface area contributed by atoms with Gasteiger partial charge in [-0.15, -0.1) is 0 Å². The molecule has 0 unspecified atom stereocenters. The Labute approximate surface area is 152 Å². The fourth-order valence-electron chi connectivity index (χ4n) is 3.04. The lowest BCUT2D eigenvalue weighted by molar-refractivity contribution is -0.116. The number of hydrogen-bond acceptors (Lipinski definition) is 5. The second kappa shape index (κ2) is 8.14. The number of rotatable bonds is 5. The molecule has 0 radical (unpaired) electrons. The normalized spacial score (nSPS) is 14.3. The Kier molecular flexibility index (Phi) is 5.68. The van der Waals surface area contributed by atoms with Crippen LogP contribution in [0.5, 0.6) is 0 Å². The van der Waals surface area contributed by atoms with Gasteiger partial charge in [0, 0.05) is 30.5 Å². The van der Waals surface area contributed by atoms with Crippen LogP contribution in [-0.2, 0) is 22.5 Å². The minimum atomic E-state index is -0.242. The Hall–Kier alpha value is -2.67. The predicted molar refractivity (Wildman–Crippen MR) is 101 cm³/mol. The SMILES string of the molecule is CCc1ccccc1NC(=O)Cn1c(N2CCOCC2)nc(C)cc1=O. The fourth-order valence-corrected chi connectivity index (χ4v) is 3.04. The first-order valence-corrected chi connectivity index (χ1v) is 8.87. The van der Waals surface area contributed by atoms with Gasteiger partial charge in [0.05, 0.1) is 13.2 Å². The van der Waals surface area contributed by atoms with E-state index in [1.54, 1.807) is 6.92 Å². The van der Waals surface area contributed by atoms with E-state index in [0.29, 0.717) is 37.9 Å². The van der Waals surface area contributed by atoms with Crippen LogP contribution in [-0.4, -0.2) is 41.8 Å². The summed E-state index contributed by atoms with van der Waals surface area (Å²) in [7, 11) is 0. The lowest BCUT2D eigenvalue weighted by atomic mass is 10.1. The predicted octanol–water partition coefficient (Wildman–Crippen LogP) is 1.59. The highest BCUT2D eigenvalue weighted by Crippen LogP contribution is 2.16. The summed E-state index contributed by atoms with van der Waals surface area (Å²) in [5, 5.41) is 2.91. The van der Waals surface area contributed by atoms with Gasteiger partial charge in [0.1, 0.15) is 6.54 Å². The average Bonchev–Trinajstić information content (AvgIpc) is 2.65. The van der Waals surface area contributed by atoms with Gasteiger partial charge in [-0.05, 0) is 25.0 Å². The van der Waals surface area contributed by atoms with Crippen molar-refractivity contribution in [1.82, 2.24) is 9.55 Å². The zero-order chi connectivity index (χ0) is 18.5. The van der Waals surface area contributed by atoms with E-state index in [9.17, 15) is 9.59 Å². The molecular weight excluding hydrogens is 332 g/mol. The number of ether oxygens (including phenoxy) is 1. The van der Waals surface area contributed by atoms with Crippen LogP contribution in [0.3, 0.4) is 0 Å². The van der Waals surface area contributed by atoms with Crippen molar-refractivity contribution in [3.8, 4) is 0 Å². The molecule has 138 valence electrons. The summed E-state index contributed by atoms with van der Waals surface area (Å²) in [6.07, 6.45) is 0.821. The number of nitrogens with one attached hydrogen (secondary N) is 1. The summed E-state index contributed by atoms with van der Waals surface area (Å²) in [6, 6.07) is 9.13. The van der Waals surface area contributed by atoms with Crippen LogP contribution in [0.2, 0.25) is 0 Å². The van der Waals surface area contributed by atoms with E-state index >= 15 is 0 Å². The minimum Gasteiger partial charge on any atom is -0.378 e. The second-order valence-corrected chi connectivity index (χ2v) is 6.28. The number of nitrogens with zero attached hydrogens (tertiary/aromatic N) is 3. The van der Waals surface area contributed by atoms with Crippen molar-refractivity contribution in [3.05, 3.63) is 51.9 Å². The van der Waals surface area contributed by atoms with Gasteiger partial charge in [0.15, 0.2) is 0 Å². The third-order valence-electron chi connectivity index (χ3n) is 4.38. The largest absolute Gasteiger partial charge is 0.378 e. The molecule has 1 N–H and O–H groups in total. The summed E-state index contributed by atoms with van der Waals surface area (Å²) in [6.45, 7) is 6.21. The van der Waals surface area contributed by atoms with Crippen molar-refractivity contribution < 1.29 is 9.53 Å². The molecule has 2 heterocycles. The van der Waals surface area contributed by atoms with Crippen LogP contribution in [0.4, 0.5) is 11.6 Å².